The van der Waals surface area contributed by atoms with Gasteiger partial charge in [-0.05, 0) is 75.7 Å². The molecule has 0 spiro atoms. The third kappa shape index (κ3) is 4.08. The molecule has 1 heterocycles. The monoisotopic (exact) mass is 306 g/mol. The van der Waals surface area contributed by atoms with E-state index in [1.165, 1.54) is 64.3 Å². The Morgan fingerprint density at radius 1 is 1.19 bits per heavy atom. The van der Waals surface area contributed by atoms with E-state index in [1.54, 1.807) is 10.4 Å². The molecular formula is C18H30N2S. The molecule has 2 nitrogen and oxygen atoms in total. The van der Waals surface area contributed by atoms with Gasteiger partial charge in [-0.25, -0.2) is 0 Å². The molecule has 3 heteroatoms. The highest BCUT2D eigenvalue weighted by Crippen LogP contribution is 2.33. The summed E-state index contributed by atoms with van der Waals surface area (Å²) in [5.74, 6) is 0. The standard InChI is InChI=1S/C18H30N2S/c1-20(15-7-3-2-4-8-15)13-6-12-19-17-9-5-10-18-16(17)11-14-21-18/h11,14-15,17,19H,2-10,12-13H2,1H3. The van der Waals surface area contributed by atoms with Crippen molar-refractivity contribution in [2.75, 3.05) is 20.1 Å². The first-order valence-electron chi connectivity index (χ1n) is 8.84. The van der Waals surface area contributed by atoms with Crippen LogP contribution in [0.4, 0.5) is 0 Å². The molecule has 1 saturated carbocycles. The van der Waals surface area contributed by atoms with Gasteiger partial charge in [-0.1, -0.05) is 19.3 Å². The van der Waals surface area contributed by atoms with Gasteiger partial charge in [0.05, 0.1) is 0 Å². The maximum atomic E-state index is 3.80. The topological polar surface area (TPSA) is 15.3 Å². The Morgan fingerprint density at radius 3 is 2.90 bits per heavy atom. The molecule has 0 radical (unpaired) electrons. The van der Waals surface area contributed by atoms with Gasteiger partial charge in [-0.2, -0.15) is 0 Å². The van der Waals surface area contributed by atoms with E-state index in [1.807, 2.05) is 11.3 Å². The molecule has 1 aromatic heterocycles. The van der Waals surface area contributed by atoms with E-state index in [9.17, 15) is 0 Å². The molecule has 1 N–H and O–H groups in total. The van der Waals surface area contributed by atoms with E-state index >= 15 is 0 Å². The Bertz CT molecular complexity index is 423. The van der Waals surface area contributed by atoms with Crippen LogP contribution in [0.1, 0.15) is 67.8 Å². The average Bonchev–Trinajstić information content (AvgIpc) is 3.01. The molecule has 0 aromatic carbocycles. The molecule has 1 fully saturated rings. The number of hydrogen-bond acceptors (Lipinski definition) is 3. The fourth-order valence-corrected chi connectivity index (χ4v) is 5.00. The van der Waals surface area contributed by atoms with Gasteiger partial charge in [-0.15, -0.1) is 11.3 Å². The van der Waals surface area contributed by atoms with Crippen molar-refractivity contribution >= 4 is 11.3 Å². The highest BCUT2D eigenvalue weighted by atomic mass is 32.1. The molecule has 2 aliphatic carbocycles. The molecule has 2 aliphatic rings. The minimum absolute atomic E-state index is 0.625. The van der Waals surface area contributed by atoms with Crippen molar-refractivity contribution in [3.05, 3.63) is 21.9 Å². The van der Waals surface area contributed by atoms with Crippen molar-refractivity contribution in [1.82, 2.24) is 10.2 Å². The maximum Gasteiger partial charge on any atom is 0.0331 e. The van der Waals surface area contributed by atoms with Crippen LogP contribution < -0.4 is 5.32 Å². The smallest absolute Gasteiger partial charge is 0.0331 e. The number of rotatable bonds is 6. The Morgan fingerprint density at radius 2 is 2.05 bits per heavy atom. The number of aryl methyl sites for hydroxylation is 1. The van der Waals surface area contributed by atoms with Crippen molar-refractivity contribution in [3.8, 4) is 0 Å². The van der Waals surface area contributed by atoms with Crippen LogP contribution >= 0.6 is 11.3 Å². The van der Waals surface area contributed by atoms with Gasteiger partial charge >= 0.3 is 0 Å². The number of nitrogens with zero attached hydrogens (tertiary/aromatic N) is 1. The summed E-state index contributed by atoms with van der Waals surface area (Å²) in [5, 5.41) is 6.07. The first-order valence-corrected chi connectivity index (χ1v) is 9.72. The highest BCUT2D eigenvalue weighted by Gasteiger charge is 2.21. The zero-order valence-electron chi connectivity index (χ0n) is 13.4. The maximum absolute atomic E-state index is 3.80. The predicted octanol–water partition coefficient (Wildman–Crippen LogP) is 4.37. The summed E-state index contributed by atoms with van der Waals surface area (Å²) in [7, 11) is 2.33. The van der Waals surface area contributed by atoms with Gasteiger partial charge in [0.1, 0.15) is 0 Å². The van der Waals surface area contributed by atoms with Crippen molar-refractivity contribution < 1.29 is 0 Å². The van der Waals surface area contributed by atoms with Gasteiger partial charge in [0, 0.05) is 17.0 Å². The van der Waals surface area contributed by atoms with Crippen LogP contribution in [0.3, 0.4) is 0 Å². The van der Waals surface area contributed by atoms with Gasteiger partial charge in [0.2, 0.25) is 0 Å². The third-order valence-corrected chi connectivity index (χ3v) is 6.32. The van der Waals surface area contributed by atoms with Gasteiger partial charge in [0.25, 0.3) is 0 Å². The van der Waals surface area contributed by atoms with E-state index in [0.29, 0.717) is 6.04 Å². The summed E-state index contributed by atoms with van der Waals surface area (Å²) in [6.45, 7) is 2.41. The summed E-state index contributed by atoms with van der Waals surface area (Å²) < 4.78 is 0. The van der Waals surface area contributed by atoms with Crippen LogP contribution in [0.5, 0.6) is 0 Å². The fourth-order valence-electron chi connectivity index (χ4n) is 4.01. The molecule has 1 aromatic rings. The minimum atomic E-state index is 0.625. The number of hydrogen-bond donors (Lipinski definition) is 1. The quantitative estimate of drug-likeness (QED) is 0.785. The van der Waals surface area contributed by atoms with Crippen LogP contribution in [-0.4, -0.2) is 31.1 Å². The number of thiophene rings is 1. The van der Waals surface area contributed by atoms with Gasteiger partial charge < -0.3 is 10.2 Å². The third-order valence-electron chi connectivity index (χ3n) is 5.33. The second-order valence-corrected chi connectivity index (χ2v) is 7.82. The summed E-state index contributed by atoms with van der Waals surface area (Å²) in [4.78, 5) is 4.23. The van der Waals surface area contributed by atoms with Crippen LogP contribution in [0, 0.1) is 0 Å². The van der Waals surface area contributed by atoms with E-state index in [-0.39, 0.29) is 0 Å². The zero-order valence-corrected chi connectivity index (χ0v) is 14.3. The summed E-state index contributed by atoms with van der Waals surface area (Å²) in [5.41, 5.74) is 1.59. The van der Waals surface area contributed by atoms with Crippen LogP contribution in [0.25, 0.3) is 0 Å². The number of nitrogens with one attached hydrogen (secondary N) is 1. The van der Waals surface area contributed by atoms with Crippen molar-refractivity contribution in [3.63, 3.8) is 0 Å². The SMILES string of the molecule is CN(CCCNC1CCCc2sccc21)C1CCCCC1. The Labute approximate surface area is 133 Å². The van der Waals surface area contributed by atoms with Crippen LogP contribution in [0.15, 0.2) is 11.4 Å². The van der Waals surface area contributed by atoms with Crippen molar-refractivity contribution in [2.24, 2.45) is 0 Å². The van der Waals surface area contributed by atoms with E-state index in [0.717, 1.165) is 12.6 Å². The Balaban J connectivity index is 1.37. The van der Waals surface area contributed by atoms with Crippen LogP contribution in [0.2, 0.25) is 0 Å². The molecule has 0 aliphatic heterocycles. The van der Waals surface area contributed by atoms with Crippen molar-refractivity contribution in [2.45, 2.75) is 69.9 Å². The molecule has 118 valence electrons. The summed E-state index contributed by atoms with van der Waals surface area (Å²) in [6, 6.07) is 3.82. The molecule has 0 bridgehead atoms. The van der Waals surface area contributed by atoms with E-state index in [4.69, 9.17) is 0 Å². The highest BCUT2D eigenvalue weighted by molar-refractivity contribution is 7.10. The lowest BCUT2D eigenvalue weighted by Crippen LogP contribution is -2.35. The Kier molecular flexibility index (Phi) is 5.73. The lowest BCUT2D eigenvalue weighted by Gasteiger charge is -2.31. The minimum Gasteiger partial charge on any atom is -0.310 e. The molecular weight excluding hydrogens is 276 g/mol. The zero-order chi connectivity index (χ0) is 14.5. The summed E-state index contributed by atoms with van der Waals surface area (Å²) in [6.07, 6.45) is 12.4. The van der Waals surface area contributed by atoms with E-state index < -0.39 is 0 Å². The molecule has 3 rings (SSSR count). The Hall–Kier alpha value is -0.380. The lowest BCUT2D eigenvalue weighted by atomic mass is 9.94. The molecule has 1 unspecified atom stereocenters. The molecule has 0 saturated heterocycles. The van der Waals surface area contributed by atoms with Crippen molar-refractivity contribution in [1.29, 1.82) is 0 Å². The first kappa shape index (κ1) is 15.5. The average molecular weight is 307 g/mol. The summed E-state index contributed by atoms with van der Waals surface area (Å²) >= 11 is 1.94. The number of fused-ring (bicyclic) bond motifs is 1. The van der Waals surface area contributed by atoms with Gasteiger partial charge in [-0.3, -0.25) is 0 Å². The van der Waals surface area contributed by atoms with Crippen LogP contribution in [-0.2, 0) is 6.42 Å². The lowest BCUT2D eigenvalue weighted by molar-refractivity contribution is 0.189. The molecule has 0 amide bonds. The predicted molar refractivity (Wildman–Crippen MR) is 92.1 cm³/mol. The van der Waals surface area contributed by atoms with E-state index in [2.05, 4.69) is 28.7 Å². The normalized spacial score (nSPS) is 23.4. The fraction of sp³-hybridized carbons (Fsp3) is 0.778. The molecule has 21 heavy (non-hydrogen) atoms. The largest absolute Gasteiger partial charge is 0.310 e. The first-order chi connectivity index (χ1) is 10.3. The second-order valence-electron chi connectivity index (χ2n) is 6.82. The molecule has 1 atom stereocenters. The second kappa shape index (κ2) is 7.75. The van der Waals surface area contributed by atoms with Gasteiger partial charge in [0.15, 0.2) is 0 Å².